The van der Waals surface area contributed by atoms with Gasteiger partial charge in [-0.25, -0.2) is 0 Å². The zero-order valence-corrected chi connectivity index (χ0v) is 11.2. The van der Waals surface area contributed by atoms with Crippen LogP contribution in [0, 0.1) is 12.3 Å². The van der Waals surface area contributed by atoms with Crippen LogP contribution in [0.2, 0.25) is 0 Å². The van der Waals surface area contributed by atoms with Gasteiger partial charge in [-0.05, 0) is 17.9 Å². The number of hydrogen-bond acceptors (Lipinski definition) is 2. The minimum absolute atomic E-state index is 0.157. The standard InChI is InChI=1S/C15H20O3/c1-11-4-6-12(7-5-11)15(9-18-10-15)14(2,3)8-13(16)17/h4-7H,8-10H2,1-3H3,(H,16,17). The Morgan fingerprint density at radius 1 is 1.33 bits per heavy atom. The number of benzene rings is 1. The number of ether oxygens (including phenoxy) is 1. The lowest BCUT2D eigenvalue weighted by atomic mass is 9.59. The van der Waals surface area contributed by atoms with Crippen molar-refractivity contribution < 1.29 is 14.6 Å². The third-order valence-electron chi connectivity index (χ3n) is 4.19. The lowest BCUT2D eigenvalue weighted by Crippen LogP contribution is -2.57. The predicted octanol–water partition coefficient (Wildman–Crippen LogP) is 2.76. The molecule has 1 aliphatic heterocycles. The van der Waals surface area contributed by atoms with Gasteiger partial charge < -0.3 is 9.84 Å². The highest BCUT2D eigenvalue weighted by Crippen LogP contribution is 2.49. The van der Waals surface area contributed by atoms with Crippen LogP contribution in [-0.4, -0.2) is 24.3 Å². The summed E-state index contributed by atoms with van der Waals surface area (Å²) in [4.78, 5) is 11.0. The average molecular weight is 248 g/mol. The molecule has 0 aromatic heterocycles. The summed E-state index contributed by atoms with van der Waals surface area (Å²) in [7, 11) is 0. The molecule has 1 aliphatic rings. The molecule has 0 amide bonds. The first-order valence-electron chi connectivity index (χ1n) is 6.24. The summed E-state index contributed by atoms with van der Waals surface area (Å²) in [6.07, 6.45) is 0.157. The molecule has 0 radical (unpaired) electrons. The summed E-state index contributed by atoms with van der Waals surface area (Å²) in [6.45, 7) is 7.30. The first kappa shape index (κ1) is 13.1. The van der Waals surface area contributed by atoms with Crippen molar-refractivity contribution in [2.75, 3.05) is 13.2 Å². The second-order valence-corrected chi connectivity index (χ2v) is 5.90. The Kier molecular flexibility index (Phi) is 3.20. The minimum Gasteiger partial charge on any atom is -0.481 e. The van der Waals surface area contributed by atoms with E-state index in [1.165, 1.54) is 11.1 Å². The Bertz CT molecular complexity index is 441. The van der Waals surface area contributed by atoms with Crippen molar-refractivity contribution in [1.29, 1.82) is 0 Å². The second-order valence-electron chi connectivity index (χ2n) is 5.90. The SMILES string of the molecule is Cc1ccc(C2(C(C)(C)CC(=O)O)COC2)cc1. The summed E-state index contributed by atoms with van der Waals surface area (Å²) in [6, 6.07) is 8.35. The van der Waals surface area contributed by atoms with Crippen LogP contribution in [0.3, 0.4) is 0 Å². The minimum atomic E-state index is -0.751. The molecule has 18 heavy (non-hydrogen) atoms. The summed E-state index contributed by atoms with van der Waals surface area (Å²) < 4.78 is 5.40. The van der Waals surface area contributed by atoms with Crippen LogP contribution in [0.5, 0.6) is 0 Å². The van der Waals surface area contributed by atoms with Crippen LogP contribution < -0.4 is 0 Å². The molecule has 3 nitrogen and oxygen atoms in total. The van der Waals surface area contributed by atoms with E-state index in [9.17, 15) is 4.79 Å². The van der Waals surface area contributed by atoms with Crippen molar-refractivity contribution in [3.05, 3.63) is 35.4 Å². The normalized spacial score (nSPS) is 18.2. The van der Waals surface area contributed by atoms with E-state index < -0.39 is 5.97 Å². The molecule has 98 valence electrons. The van der Waals surface area contributed by atoms with E-state index in [-0.39, 0.29) is 17.3 Å². The molecule has 0 aliphatic carbocycles. The van der Waals surface area contributed by atoms with E-state index in [2.05, 4.69) is 31.2 Å². The van der Waals surface area contributed by atoms with Crippen molar-refractivity contribution >= 4 is 5.97 Å². The van der Waals surface area contributed by atoms with Crippen LogP contribution in [-0.2, 0) is 14.9 Å². The van der Waals surface area contributed by atoms with Crippen molar-refractivity contribution in [2.45, 2.75) is 32.6 Å². The first-order valence-corrected chi connectivity index (χ1v) is 6.24. The fraction of sp³-hybridized carbons (Fsp3) is 0.533. The second kappa shape index (κ2) is 4.39. The van der Waals surface area contributed by atoms with Crippen molar-refractivity contribution in [3.8, 4) is 0 Å². The van der Waals surface area contributed by atoms with Gasteiger partial charge >= 0.3 is 5.97 Å². The monoisotopic (exact) mass is 248 g/mol. The van der Waals surface area contributed by atoms with E-state index in [1.54, 1.807) is 0 Å². The van der Waals surface area contributed by atoms with Crippen LogP contribution in [0.15, 0.2) is 24.3 Å². The van der Waals surface area contributed by atoms with E-state index in [0.717, 1.165) is 0 Å². The lowest BCUT2D eigenvalue weighted by Gasteiger charge is -2.52. The number of rotatable bonds is 4. The third-order valence-corrected chi connectivity index (χ3v) is 4.19. The molecule has 0 bridgehead atoms. The number of aliphatic carboxylic acids is 1. The zero-order chi connectivity index (χ0) is 13.4. The summed E-state index contributed by atoms with van der Waals surface area (Å²) in [5.41, 5.74) is 1.92. The van der Waals surface area contributed by atoms with Crippen molar-refractivity contribution in [2.24, 2.45) is 5.41 Å². The molecule has 1 fully saturated rings. The lowest BCUT2D eigenvalue weighted by molar-refractivity contribution is -0.151. The molecule has 1 heterocycles. The van der Waals surface area contributed by atoms with Crippen molar-refractivity contribution in [3.63, 3.8) is 0 Å². The molecular formula is C15H20O3. The Morgan fingerprint density at radius 3 is 2.28 bits per heavy atom. The Balaban J connectivity index is 2.36. The van der Waals surface area contributed by atoms with Gasteiger partial charge in [-0.2, -0.15) is 0 Å². The summed E-state index contributed by atoms with van der Waals surface area (Å²) in [5, 5.41) is 9.08. The molecule has 0 atom stereocenters. The maximum Gasteiger partial charge on any atom is 0.303 e. The molecule has 1 N–H and O–H groups in total. The zero-order valence-electron chi connectivity index (χ0n) is 11.2. The van der Waals surface area contributed by atoms with Gasteiger partial charge in [0.25, 0.3) is 0 Å². The van der Waals surface area contributed by atoms with Gasteiger partial charge in [0.2, 0.25) is 0 Å². The van der Waals surface area contributed by atoms with Crippen LogP contribution in [0.1, 0.15) is 31.4 Å². The Morgan fingerprint density at radius 2 is 1.89 bits per heavy atom. The highest BCUT2D eigenvalue weighted by atomic mass is 16.5. The smallest absolute Gasteiger partial charge is 0.303 e. The molecule has 2 rings (SSSR count). The number of carboxylic acids is 1. The number of carbonyl (C=O) groups is 1. The number of hydrogen-bond donors (Lipinski definition) is 1. The van der Waals surface area contributed by atoms with Gasteiger partial charge in [0.1, 0.15) is 0 Å². The summed E-state index contributed by atoms with van der Waals surface area (Å²) >= 11 is 0. The molecule has 3 heteroatoms. The van der Waals surface area contributed by atoms with E-state index in [4.69, 9.17) is 9.84 Å². The fourth-order valence-corrected chi connectivity index (χ4v) is 2.67. The topological polar surface area (TPSA) is 46.5 Å². The van der Waals surface area contributed by atoms with Crippen molar-refractivity contribution in [1.82, 2.24) is 0 Å². The molecular weight excluding hydrogens is 228 g/mol. The van der Waals surface area contributed by atoms with Gasteiger partial charge in [0.05, 0.1) is 19.6 Å². The van der Waals surface area contributed by atoms with Gasteiger partial charge in [0, 0.05) is 5.41 Å². The van der Waals surface area contributed by atoms with Crippen LogP contribution >= 0.6 is 0 Å². The Labute approximate surface area is 108 Å². The molecule has 1 saturated heterocycles. The van der Waals surface area contributed by atoms with Gasteiger partial charge in [-0.15, -0.1) is 0 Å². The van der Waals surface area contributed by atoms with E-state index >= 15 is 0 Å². The van der Waals surface area contributed by atoms with Gasteiger partial charge in [-0.1, -0.05) is 43.7 Å². The fourth-order valence-electron chi connectivity index (χ4n) is 2.67. The largest absolute Gasteiger partial charge is 0.481 e. The summed E-state index contributed by atoms with van der Waals surface area (Å²) in [5.74, 6) is -0.751. The van der Waals surface area contributed by atoms with Crippen LogP contribution in [0.4, 0.5) is 0 Å². The quantitative estimate of drug-likeness (QED) is 0.891. The first-order chi connectivity index (χ1) is 8.37. The van der Waals surface area contributed by atoms with Gasteiger partial charge in [-0.3, -0.25) is 4.79 Å². The van der Waals surface area contributed by atoms with Crippen LogP contribution in [0.25, 0.3) is 0 Å². The highest BCUT2D eigenvalue weighted by molar-refractivity contribution is 5.68. The van der Waals surface area contributed by atoms with Gasteiger partial charge in [0.15, 0.2) is 0 Å². The molecule has 1 aromatic carbocycles. The van der Waals surface area contributed by atoms with E-state index in [0.29, 0.717) is 13.2 Å². The average Bonchev–Trinajstić information content (AvgIpc) is 2.16. The molecule has 0 unspecified atom stereocenters. The number of carboxylic acid groups (broad SMARTS) is 1. The predicted molar refractivity (Wildman–Crippen MR) is 69.7 cm³/mol. The maximum absolute atomic E-state index is 11.0. The number of aryl methyl sites for hydroxylation is 1. The maximum atomic E-state index is 11.0. The Hall–Kier alpha value is -1.35. The molecule has 1 aromatic rings. The third kappa shape index (κ3) is 2.03. The van der Waals surface area contributed by atoms with E-state index in [1.807, 2.05) is 13.8 Å². The molecule has 0 spiro atoms. The highest BCUT2D eigenvalue weighted by Gasteiger charge is 2.52. The molecule has 0 saturated carbocycles.